The van der Waals surface area contributed by atoms with Crippen LogP contribution in [-0.4, -0.2) is 64.1 Å². The maximum atomic E-state index is 11.5. The van der Waals surface area contributed by atoms with Gasteiger partial charge in [0.15, 0.2) is 21.5 Å². The van der Waals surface area contributed by atoms with Crippen molar-refractivity contribution in [3.8, 4) is 0 Å². The number of nitrogens with zero attached hydrogens (tertiary/aromatic N) is 4. The quantitative estimate of drug-likeness (QED) is 0.419. The summed E-state index contributed by atoms with van der Waals surface area (Å²) in [5.41, 5.74) is 4.00. The summed E-state index contributed by atoms with van der Waals surface area (Å²) in [6.07, 6.45) is 3.50. The number of H-pyrrole nitrogens is 1. The fraction of sp³-hybridized carbons (Fsp3) is 0.435. The molecule has 0 amide bonds. The number of aromatic amines is 1. The van der Waals surface area contributed by atoms with Crippen LogP contribution in [0.1, 0.15) is 35.6 Å². The van der Waals surface area contributed by atoms with Crippen molar-refractivity contribution >= 4 is 56.3 Å². The van der Waals surface area contributed by atoms with Crippen molar-refractivity contribution in [2.24, 2.45) is 0 Å². The highest BCUT2D eigenvalue weighted by atomic mass is 35.5. The van der Waals surface area contributed by atoms with Crippen LogP contribution in [0.2, 0.25) is 10.0 Å². The van der Waals surface area contributed by atoms with Crippen LogP contribution < -0.4 is 10.6 Å². The summed E-state index contributed by atoms with van der Waals surface area (Å²) in [6, 6.07) is 6.08. The molecule has 2 saturated heterocycles. The molecule has 2 fully saturated rings. The number of sulfone groups is 1. The van der Waals surface area contributed by atoms with Crippen LogP contribution in [0.5, 0.6) is 0 Å². The van der Waals surface area contributed by atoms with Gasteiger partial charge in [-0.15, -0.1) is 0 Å². The second-order valence-corrected chi connectivity index (χ2v) is 12.3. The largest absolute Gasteiger partial charge is 0.323 e. The van der Waals surface area contributed by atoms with Crippen molar-refractivity contribution in [2.75, 3.05) is 35.2 Å². The van der Waals surface area contributed by atoms with Gasteiger partial charge in [0.1, 0.15) is 5.02 Å². The van der Waals surface area contributed by atoms with Gasteiger partial charge in [0.05, 0.1) is 28.4 Å². The second-order valence-electron chi connectivity index (χ2n) is 9.31. The number of benzene rings is 1. The molecular formula is C23H27Cl2N7O2S. The highest BCUT2D eigenvalue weighted by molar-refractivity contribution is 7.92. The monoisotopic (exact) mass is 535 g/mol. The summed E-state index contributed by atoms with van der Waals surface area (Å²) in [7, 11) is -2.80. The van der Waals surface area contributed by atoms with Crippen LogP contribution in [0.15, 0.2) is 24.4 Å². The van der Waals surface area contributed by atoms with Crippen LogP contribution in [0, 0.1) is 13.8 Å². The third-order valence-corrected chi connectivity index (χ3v) is 9.05. The molecule has 0 saturated carbocycles. The summed E-state index contributed by atoms with van der Waals surface area (Å²) < 4.78 is 23.0. The molecule has 0 unspecified atom stereocenters. The lowest BCUT2D eigenvalue weighted by molar-refractivity contribution is 0.166. The number of halogens is 2. The first kappa shape index (κ1) is 24.3. The zero-order valence-electron chi connectivity index (χ0n) is 19.5. The summed E-state index contributed by atoms with van der Waals surface area (Å²) in [5.74, 6) is 2.41. The van der Waals surface area contributed by atoms with Gasteiger partial charge in [0, 0.05) is 17.8 Å². The van der Waals surface area contributed by atoms with E-state index in [0.29, 0.717) is 50.7 Å². The summed E-state index contributed by atoms with van der Waals surface area (Å²) in [4.78, 5) is 11.1. The fourth-order valence-electron chi connectivity index (χ4n) is 4.80. The van der Waals surface area contributed by atoms with Gasteiger partial charge >= 0.3 is 0 Å². The van der Waals surface area contributed by atoms with E-state index in [4.69, 9.17) is 23.2 Å². The average Bonchev–Trinajstić information content (AvgIpc) is 3.21. The standard InChI is InChI=1S/C23H27Cl2N7O2S/c1-13-7-20(27-23-26-10-19(25)22(29-23)28-21-8-14(2)30-31-21)18(24)9-17(13)15-3-5-32(6-4-15)16-11-35(33,34)12-16/h7-10,15-16H,3-6,11-12H2,1-2H3,(H3,26,27,28,29,30,31). The first-order chi connectivity index (χ1) is 16.7. The number of piperidine rings is 1. The zero-order valence-corrected chi connectivity index (χ0v) is 21.8. The van der Waals surface area contributed by atoms with E-state index in [1.54, 1.807) is 0 Å². The Hall–Kier alpha value is -2.40. The normalized spacial score (nSPS) is 18.9. The number of hydrogen-bond acceptors (Lipinski definition) is 8. The van der Waals surface area contributed by atoms with E-state index in [0.717, 1.165) is 37.2 Å². The van der Waals surface area contributed by atoms with E-state index in [1.807, 2.05) is 25.1 Å². The zero-order chi connectivity index (χ0) is 24.7. The minimum atomic E-state index is -2.80. The van der Waals surface area contributed by atoms with E-state index < -0.39 is 9.84 Å². The van der Waals surface area contributed by atoms with E-state index in [2.05, 4.69) is 42.6 Å². The molecule has 186 valence electrons. The Bertz CT molecular complexity index is 1340. The third-order valence-electron chi connectivity index (χ3n) is 6.68. The first-order valence-corrected chi connectivity index (χ1v) is 14.1. The molecule has 5 rings (SSSR count). The Morgan fingerprint density at radius 1 is 1.06 bits per heavy atom. The smallest absolute Gasteiger partial charge is 0.229 e. The molecule has 35 heavy (non-hydrogen) atoms. The topological polar surface area (TPSA) is 116 Å². The third kappa shape index (κ3) is 5.40. The molecule has 0 atom stereocenters. The van der Waals surface area contributed by atoms with Crippen LogP contribution >= 0.6 is 23.2 Å². The minimum absolute atomic E-state index is 0.188. The molecule has 0 aliphatic carbocycles. The van der Waals surface area contributed by atoms with E-state index in [9.17, 15) is 8.42 Å². The van der Waals surface area contributed by atoms with Crippen LogP contribution in [-0.2, 0) is 9.84 Å². The summed E-state index contributed by atoms with van der Waals surface area (Å²) in [5, 5.41) is 14.3. The predicted molar refractivity (Wildman–Crippen MR) is 139 cm³/mol. The SMILES string of the molecule is Cc1cc(Nc2nc(Nc3cc(C)c(C4CCN(C5CS(=O)(=O)C5)CC4)cc3Cl)ncc2Cl)n[nH]1. The number of likely N-dealkylation sites (tertiary alicyclic amines) is 1. The Kier molecular flexibility index (Phi) is 6.65. The maximum Gasteiger partial charge on any atom is 0.229 e. The number of hydrogen-bond donors (Lipinski definition) is 3. The van der Waals surface area contributed by atoms with Crippen molar-refractivity contribution < 1.29 is 8.42 Å². The lowest BCUT2D eigenvalue weighted by Gasteiger charge is -2.41. The molecule has 4 heterocycles. The molecule has 3 aromatic rings. The second kappa shape index (κ2) is 9.57. The number of nitrogens with one attached hydrogen (secondary N) is 3. The molecular weight excluding hydrogens is 509 g/mol. The van der Waals surface area contributed by atoms with Crippen molar-refractivity contribution in [3.05, 3.63) is 51.3 Å². The molecule has 0 spiro atoms. The minimum Gasteiger partial charge on any atom is -0.323 e. The van der Waals surface area contributed by atoms with Crippen LogP contribution in [0.3, 0.4) is 0 Å². The predicted octanol–water partition coefficient (Wildman–Crippen LogP) is 4.59. The lowest BCUT2D eigenvalue weighted by Crippen LogP contribution is -2.55. The van der Waals surface area contributed by atoms with Gasteiger partial charge in [0.2, 0.25) is 5.95 Å². The van der Waals surface area contributed by atoms with Gasteiger partial charge in [-0.3, -0.25) is 10.00 Å². The van der Waals surface area contributed by atoms with E-state index >= 15 is 0 Å². The summed E-state index contributed by atoms with van der Waals surface area (Å²) >= 11 is 12.9. The fourth-order valence-corrected chi connectivity index (χ4v) is 6.65. The molecule has 9 nitrogen and oxygen atoms in total. The highest BCUT2D eigenvalue weighted by Gasteiger charge is 2.39. The summed E-state index contributed by atoms with van der Waals surface area (Å²) in [6.45, 7) is 5.81. The highest BCUT2D eigenvalue weighted by Crippen LogP contribution is 2.37. The Morgan fingerprint density at radius 3 is 2.46 bits per heavy atom. The number of aromatic nitrogens is 4. The number of aryl methyl sites for hydroxylation is 2. The Morgan fingerprint density at radius 2 is 1.80 bits per heavy atom. The Labute approximate surface area is 214 Å². The molecule has 0 radical (unpaired) electrons. The molecule has 2 aliphatic heterocycles. The van der Waals surface area contributed by atoms with Gasteiger partial charge in [-0.1, -0.05) is 23.2 Å². The average molecular weight is 536 g/mol. The van der Waals surface area contributed by atoms with Gasteiger partial charge in [-0.05, 0) is 69.0 Å². The van der Waals surface area contributed by atoms with Gasteiger partial charge in [-0.25, -0.2) is 13.4 Å². The van der Waals surface area contributed by atoms with E-state index in [-0.39, 0.29) is 6.04 Å². The number of anilines is 4. The molecule has 2 aromatic heterocycles. The molecule has 2 aliphatic rings. The molecule has 3 N–H and O–H groups in total. The van der Waals surface area contributed by atoms with Crippen LogP contribution in [0.4, 0.5) is 23.3 Å². The molecule has 0 bridgehead atoms. The van der Waals surface area contributed by atoms with Crippen molar-refractivity contribution in [2.45, 2.75) is 38.6 Å². The van der Waals surface area contributed by atoms with Gasteiger partial charge < -0.3 is 10.6 Å². The van der Waals surface area contributed by atoms with Crippen LogP contribution in [0.25, 0.3) is 0 Å². The van der Waals surface area contributed by atoms with E-state index in [1.165, 1.54) is 11.8 Å². The van der Waals surface area contributed by atoms with Crippen molar-refractivity contribution in [3.63, 3.8) is 0 Å². The molecule has 12 heteroatoms. The first-order valence-electron chi connectivity index (χ1n) is 11.5. The van der Waals surface area contributed by atoms with Crippen molar-refractivity contribution in [1.29, 1.82) is 0 Å². The maximum absolute atomic E-state index is 11.5. The number of rotatable bonds is 6. The Balaban J connectivity index is 1.27. The lowest BCUT2D eigenvalue weighted by atomic mass is 9.86. The molecule has 1 aromatic carbocycles. The van der Waals surface area contributed by atoms with Crippen molar-refractivity contribution in [1.82, 2.24) is 25.1 Å². The van der Waals surface area contributed by atoms with Gasteiger partial charge in [-0.2, -0.15) is 10.1 Å². The van der Waals surface area contributed by atoms with Gasteiger partial charge in [0.25, 0.3) is 0 Å².